The first kappa shape index (κ1) is 16.4. The summed E-state index contributed by atoms with van der Waals surface area (Å²) < 4.78 is 7.67. The summed E-state index contributed by atoms with van der Waals surface area (Å²) in [5.41, 5.74) is 0.828. The van der Waals surface area contributed by atoms with Gasteiger partial charge >= 0.3 is 0 Å². The van der Waals surface area contributed by atoms with E-state index >= 15 is 0 Å². The van der Waals surface area contributed by atoms with Crippen molar-refractivity contribution >= 4 is 33.9 Å². The van der Waals surface area contributed by atoms with Crippen molar-refractivity contribution in [1.82, 2.24) is 19.7 Å². The molecule has 3 heterocycles. The lowest BCUT2D eigenvalue weighted by atomic mass is 10.1. The van der Waals surface area contributed by atoms with E-state index in [2.05, 4.69) is 20.4 Å². The number of pyridine rings is 2. The second kappa shape index (κ2) is 7.41. The molecular weight excluding hydrogens is 350 g/mol. The lowest BCUT2D eigenvalue weighted by Crippen LogP contribution is -2.08. The summed E-state index contributed by atoms with van der Waals surface area (Å²) in [4.78, 5) is 8.50. The highest BCUT2D eigenvalue weighted by molar-refractivity contribution is 6.29. The Morgan fingerprint density at radius 3 is 2.85 bits per heavy atom. The fraction of sp³-hybridized carbons (Fsp3) is 0.105. The first-order chi connectivity index (χ1) is 12.8. The summed E-state index contributed by atoms with van der Waals surface area (Å²) in [7, 11) is 0. The Labute approximate surface area is 155 Å². The maximum atomic E-state index is 5.83. The Balaban J connectivity index is 1.50. The van der Waals surface area contributed by atoms with Gasteiger partial charge in [0.15, 0.2) is 0 Å². The second-order valence-corrected chi connectivity index (χ2v) is 6.04. The molecule has 1 N–H and O–H groups in total. The van der Waals surface area contributed by atoms with Crippen molar-refractivity contribution in [3.8, 4) is 5.75 Å². The maximum absolute atomic E-state index is 5.83. The number of hydrogen-bond acceptors (Lipinski definition) is 5. The zero-order chi connectivity index (χ0) is 17.8. The van der Waals surface area contributed by atoms with Crippen molar-refractivity contribution in [2.45, 2.75) is 6.54 Å². The van der Waals surface area contributed by atoms with Crippen LogP contribution in [0.1, 0.15) is 0 Å². The highest BCUT2D eigenvalue weighted by Gasteiger charge is 2.05. The van der Waals surface area contributed by atoms with E-state index in [1.54, 1.807) is 24.7 Å². The van der Waals surface area contributed by atoms with Crippen LogP contribution in [-0.4, -0.2) is 26.4 Å². The van der Waals surface area contributed by atoms with Gasteiger partial charge < -0.3 is 10.1 Å². The highest BCUT2D eigenvalue weighted by Crippen LogP contribution is 2.27. The number of benzene rings is 1. The molecule has 4 aromatic rings. The molecule has 0 unspecified atom stereocenters. The van der Waals surface area contributed by atoms with E-state index in [4.69, 9.17) is 16.3 Å². The normalized spacial score (nSPS) is 10.8. The third kappa shape index (κ3) is 3.75. The minimum absolute atomic E-state index is 0.457. The summed E-state index contributed by atoms with van der Waals surface area (Å²) >= 11 is 5.83. The zero-order valence-corrected chi connectivity index (χ0v) is 14.6. The number of ether oxygens (including phenoxy) is 1. The van der Waals surface area contributed by atoms with Gasteiger partial charge in [-0.3, -0.25) is 4.68 Å². The first-order valence-electron chi connectivity index (χ1n) is 8.15. The topological polar surface area (TPSA) is 64.9 Å². The number of aromatic nitrogens is 4. The fourth-order valence-corrected chi connectivity index (χ4v) is 2.73. The van der Waals surface area contributed by atoms with Crippen molar-refractivity contribution in [2.24, 2.45) is 0 Å². The fourth-order valence-electron chi connectivity index (χ4n) is 2.62. The smallest absolute Gasteiger partial charge is 0.138 e. The summed E-state index contributed by atoms with van der Waals surface area (Å²) in [6.45, 7) is 1.26. The third-order valence-corrected chi connectivity index (χ3v) is 4.10. The number of rotatable bonds is 6. The van der Waals surface area contributed by atoms with E-state index < -0.39 is 0 Å². The van der Waals surface area contributed by atoms with Gasteiger partial charge in [-0.2, -0.15) is 5.10 Å². The maximum Gasteiger partial charge on any atom is 0.138 e. The van der Waals surface area contributed by atoms with Crippen LogP contribution in [0.3, 0.4) is 0 Å². The summed E-state index contributed by atoms with van der Waals surface area (Å²) in [5.74, 6) is 1.57. The SMILES string of the molecule is Clc1ccc(Nc2nccc3cc(OCCn4cccn4)ccc23)cn1. The standard InChI is InChI=1S/C19H16ClN5O/c20-18-5-2-15(13-22-18)24-19-17-4-3-16(12-14(17)6-8-21-19)26-11-10-25-9-1-7-23-25/h1-9,12-13H,10-11H2,(H,21,24). The average Bonchev–Trinajstić information content (AvgIpc) is 3.17. The van der Waals surface area contributed by atoms with Gasteiger partial charge in [0, 0.05) is 24.0 Å². The van der Waals surface area contributed by atoms with Gasteiger partial charge in [-0.15, -0.1) is 0 Å². The number of halogens is 1. The molecule has 130 valence electrons. The van der Waals surface area contributed by atoms with E-state index in [9.17, 15) is 0 Å². The van der Waals surface area contributed by atoms with Gasteiger partial charge in [-0.1, -0.05) is 11.6 Å². The summed E-state index contributed by atoms with van der Waals surface area (Å²) in [5, 5.41) is 9.93. The Morgan fingerprint density at radius 1 is 1.08 bits per heavy atom. The molecule has 0 radical (unpaired) electrons. The Kier molecular flexibility index (Phi) is 4.66. The summed E-state index contributed by atoms with van der Waals surface area (Å²) in [6, 6.07) is 13.4. The van der Waals surface area contributed by atoms with Gasteiger partial charge in [0.2, 0.25) is 0 Å². The molecular formula is C19H16ClN5O. The van der Waals surface area contributed by atoms with Crippen LogP contribution in [0.2, 0.25) is 5.15 Å². The molecule has 1 aromatic carbocycles. The van der Waals surface area contributed by atoms with Crippen LogP contribution >= 0.6 is 11.6 Å². The van der Waals surface area contributed by atoms with Crippen molar-refractivity contribution in [3.05, 3.63) is 72.4 Å². The Morgan fingerprint density at radius 2 is 2.04 bits per heavy atom. The van der Waals surface area contributed by atoms with Crippen molar-refractivity contribution in [1.29, 1.82) is 0 Å². The predicted octanol–water partition coefficient (Wildman–Crippen LogP) is 4.30. The molecule has 0 fully saturated rings. The number of anilines is 2. The quantitative estimate of drug-likeness (QED) is 0.516. The molecule has 0 spiro atoms. The second-order valence-electron chi connectivity index (χ2n) is 5.65. The highest BCUT2D eigenvalue weighted by atomic mass is 35.5. The molecule has 7 heteroatoms. The number of hydrogen-bond donors (Lipinski definition) is 1. The Hall–Kier alpha value is -3.12. The molecule has 3 aromatic heterocycles. The molecule has 0 saturated carbocycles. The van der Waals surface area contributed by atoms with E-state index in [1.807, 2.05) is 47.3 Å². The van der Waals surface area contributed by atoms with Crippen LogP contribution in [-0.2, 0) is 6.54 Å². The molecule has 0 atom stereocenters. The van der Waals surface area contributed by atoms with Gasteiger partial charge in [0.25, 0.3) is 0 Å². The van der Waals surface area contributed by atoms with E-state index in [-0.39, 0.29) is 0 Å². The van der Waals surface area contributed by atoms with Crippen molar-refractivity contribution < 1.29 is 4.74 Å². The number of nitrogens with one attached hydrogen (secondary N) is 1. The number of nitrogens with zero attached hydrogens (tertiary/aromatic N) is 4. The molecule has 0 aliphatic rings. The summed E-state index contributed by atoms with van der Waals surface area (Å²) in [6.07, 6.45) is 7.11. The van der Waals surface area contributed by atoms with Gasteiger partial charge in [-0.25, -0.2) is 9.97 Å². The molecule has 0 amide bonds. The lowest BCUT2D eigenvalue weighted by molar-refractivity contribution is 0.291. The molecule has 4 rings (SSSR count). The van der Waals surface area contributed by atoms with Gasteiger partial charge in [0.1, 0.15) is 23.3 Å². The molecule has 0 bridgehead atoms. The van der Waals surface area contributed by atoms with Crippen LogP contribution < -0.4 is 10.1 Å². The average molecular weight is 366 g/mol. The van der Waals surface area contributed by atoms with Crippen molar-refractivity contribution in [3.63, 3.8) is 0 Å². The van der Waals surface area contributed by atoms with E-state index in [0.717, 1.165) is 28.0 Å². The van der Waals surface area contributed by atoms with Gasteiger partial charge in [-0.05, 0) is 47.9 Å². The minimum atomic E-state index is 0.457. The van der Waals surface area contributed by atoms with Crippen molar-refractivity contribution in [2.75, 3.05) is 11.9 Å². The van der Waals surface area contributed by atoms with Crippen LogP contribution in [0, 0.1) is 0 Å². The van der Waals surface area contributed by atoms with Gasteiger partial charge in [0.05, 0.1) is 18.4 Å². The molecule has 0 saturated heterocycles. The molecule has 26 heavy (non-hydrogen) atoms. The predicted molar refractivity (Wildman–Crippen MR) is 102 cm³/mol. The lowest BCUT2D eigenvalue weighted by Gasteiger charge is -2.11. The minimum Gasteiger partial charge on any atom is -0.492 e. The van der Waals surface area contributed by atoms with Crippen LogP contribution in [0.25, 0.3) is 10.8 Å². The third-order valence-electron chi connectivity index (χ3n) is 3.87. The monoisotopic (exact) mass is 365 g/mol. The van der Waals surface area contributed by atoms with Crippen LogP contribution in [0.4, 0.5) is 11.5 Å². The molecule has 0 aliphatic carbocycles. The van der Waals surface area contributed by atoms with Crippen LogP contribution in [0.15, 0.2) is 67.3 Å². The molecule has 6 nitrogen and oxygen atoms in total. The molecule has 0 aliphatic heterocycles. The van der Waals surface area contributed by atoms with E-state index in [1.165, 1.54) is 0 Å². The first-order valence-corrected chi connectivity index (χ1v) is 8.53. The van der Waals surface area contributed by atoms with E-state index in [0.29, 0.717) is 18.3 Å². The Bertz CT molecular complexity index is 1000. The zero-order valence-electron chi connectivity index (χ0n) is 13.8. The van der Waals surface area contributed by atoms with Crippen LogP contribution in [0.5, 0.6) is 5.75 Å². The number of fused-ring (bicyclic) bond motifs is 1. The largest absolute Gasteiger partial charge is 0.492 e.